The number of hydrogen-bond donors (Lipinski definition) is 2. The van der Waals surface area contributed by atoms with Crippen molar-refractivity contribution in [3.8, 4) is 0 Å². The van der Waals surface area contributed by atoms with Gasteiger partial charge >= 0.3 is 0 Å². The molecule has 0 unspecified atom stereocenters. The smallest absolute Gasteiger partial charge is 0.191 e. The molecular weight excluding hydrogens is 443 g/mol. The van der Waals surface area contributed by atoms with E-state index in [1.54, 1.807) is 7.05 Å². The Morgan fingerprint density at radius 3 is 2.42 bits per heavy atom. The molecule has 2 heterocycles. The highest BCUT2D eigenvalue weighted by atomic mass is 127. The van der Waals surface area contributed by atoms with Crippen molar-refractivity contribution in [1.82, 2.24) is 25.6 Å². The maximum atomic E-state index is 5.41. The predicted octanol–water partition coefficient (Wildman–Crippen LogP) is 2.68. The highest BCUT2D eigenvalue weighted by Gasteiger charge is 2.14. The molecule has 0 aliphatic carbocycles. The maximum absolute atomic E-state index is 5.41. The molecule has 0 bridgehead atoms. The van der Waals surface area contributed by atoms with Crippen LogP contribution in [0.1, 0.15) is 47.8 Å². The molecule has 2 N–H and O–H groups in total. The molecule has 8 heteroatoms. The van der Waals surface area contributed by atoms with Crippen LogP contribution in [0.25, 0.3) is 0 Å². The summed E-state index contributed by atoms with van der Waals surface area (Å²) in [7, 11) is 3.76. The first kappa shape index (κ1) is 22.5. The number of nitrogens with zero attached hydrogens (tertiary/aromatic N) is 4. The largest absolute Gasteiger partial charge is 0.361 e. The Hall–Kier alpha value is -1.58. The standard InChI is InChI=1S/C18H30N6O.HI/c1-7-16-15(17(8-2)25-23-16)11-21-18(19-5)20-10-9-14-12(3)22-24(6)13(14)4;/h7-11H2,1-6H3,(H2,19,20,21);1H. The van der Waals surface area contributed by atoms with Gasteiger partial charge in [-0.1, -0.05) is 19.0 Å². The van der Waals surface area contributed by atoms with Crippen molar-refractivity contribution in [1.29, 1.82) is 0 Å². The summed E-state index contributed by atoms with van der Waals surface area (Å²) in [4.78, 5) is 4.30. The molecule has 0 aromatic carbocycles. The second-order valence-corrected chi connectivity index (χ2v) is 6.11. The molecule has 7 nitrogen and oxygen atoms in total. The predicted molar refractivity (Wildman–Crippen MR) is 115 cm³/mol. The number of guanidine groups is 1. The fourth-order valence-electron chi connectivity index (χ4n) is 3.02. The van der Waals surface area contributed by atoms with Crippen LogP contribution in [-0.2, 0) is 32.9 Å². The number of aliphatic imine (C=N–C) groups is 1. The van der Waals surface area contributed by atoms with E-state index < -0.39 is 0 Å². The van der Waals surface area contributed by atoms with Crippen molar-refractivity contribution in [3.05, 3.63) is 34.0 Å². The molecule has 0 aliphatic heterocycles. The number of nitrogens with one attached hydrogen (secondary N) is 2. The number of halogens is 1. The van der Waals surface area contributed by atoms with Crippen LogP contribution >= 0.6 is 24.0 Å². The third kappa shape index (κ3) is 5.21. The first-order valence-electron chi connectivity index (χ1n) is 8.91. The summed E-state index contributed by atoms with van der Waals surface area (Å²) in [5.41, 5.74) is 5.76. The lowest BCUT2D eigenvalue weighted by Gasteiger charge is -2.12. The van der Waals surface area contributed by atoms with Crippen LogP contribution in [-0.4, -0.2) is 34.5 Å². The van der Waals surface area contributed by atoms with E-state index in [0.29, 0.717) is 6.54 Å². The summed E-state index contributed by atoms with van der Waals surface area (Å²) < 4.78 is 7.34. The average molecular weight is 474 g/mol. The summed E-state index contributed by atoms with van der Waals surface area (Å²) in [6.07, 6.45) is 2.63. The first-order chi connectivity index (χ1) is 12.0. The first-order valence-corrected chi connectivity index (χ1v) is 8.91. The van der Waals surface area contributed by atoms with E-state index in [9.17, 15) is 0 Å². The average Bonchev–Trinajstić information content (AvgIpc) is 3.12. The Labute approximate surface area is 173 Å². The molecular formula is C18H31IN6O. The summed E-state index contributed by atoms with van der Waals surface area (Å²) in [5, 5.41) is 15.3. The minimum Gasteiger partial charge on any atom is -0.361 e. The van der Waals surface area contributed by atoms with Crippen LogP contribution in [0.4, 0.5) is 0 Å². The quantitative estimate of drug-likeness (QED) is 0.367. The fraction of sp³-hybridized carbons (Fsp3) is 0.611. The van der Waals surface area contributed by atoms with Gasteiger partial charge in [0.15, 0.2) is 5.96 Å². The van der Waals surface area contributed by atoms with Gasteiger partial charge in [-0.3, -0.25) is 9.67 Å². The number of aryl methyl sites for hydroxylation is 4. The van der Waals surface area contributed by atoms with Gasteiger partial charge in [0.25, 0.3) is 0 Å². The van der Waals surface area contributed by atoms with E-state index in [1.165, 1.54) is 11.3 Å². The molecule has 2 aromatic rings. The highest BCUT2D eigenvalue weighted by molar-refractivity contribution is 14.0. The lowest BCUT2D eigenvalue weighted by atomic mass is 10.1. The number of rotatable bonds is 7. The Balaban J connectivity index is 0.00000338. The van der Waals surface area contributed by atoms with Gasteiger partial charge in [0.2, 0.25) is 0 Å². The van der Waals surface area contributed by atoms with Crippen LogP contribution in [0, 0.1) is 13.8 Å². The van der Waals surface area contributed by atoms with Crippen molar-refractivity contribution < 1.29 is 4.52 Å². The third-order valence-electron chi connectivity index (χ3n) is 4.59. The van der Waals surface area contributed by atoms with Crippen molar-refractivity contribution in [2.24, 2.45) is 12.0 Å². The van der Waals surface area contributed by atoms with E-state index >= 15 is 0 Å². The molecule has 26 heavy (non-hydrogen) atoms. The van der Waals surface area contributed by atoms with Gasteiger partial charge in [0.1, 0.15) is 5.76 Å². The number of hydrogen-bond acceptors (Lipinski definition) is 4. The molecule has 0 saturated heterocycles. The van der Waals surface area contributed by atoms with Crippen LogP contribution in [0.2, 0.25) is 0 Å². The van der Waals surface area contributed by atoms with Gasteiger partial charge in [0, 0.05) is 44.9 Å². The van der Waals surface area contributed by atoms with E-state index in [1.807, 2.05) is 11.7 Å². The second kappa shape index (κ2) is 10.5. The van der Waals surface area contributed by atoms with Gasteiger partial charge in [-0.25, -0.2) is 0 Å². The summed E-state index contributed by atoms with van der Waals surface area (Å²) in [6.45, 7) is 9.80. The molecule has 0 saturated carbocycles. The Morgan fingerprint density at radius 1 is 1.15 bits per heavy atom. The molecule has 2 aromatic heterocycles. The van der Waals surface area contributed by atoms with E-state index in [4.69, 9.17) is 4.52 Å². The molecule has 0 aliphatic rings. The summed E-state index contributed by atoms with van der Waals surface area (Å²) >= 11 is 0. The number of aromatic nitrogens is 3. The SMILES string of the molecule is CCc1noc(CC)c1CNC(=NC)NCCc1c(C)nn(C)c1C.I. The zero-order chi connectivity index (χ0) is 18.4. The van der Waals surface area contributed by atoms with Gasteiger partial charge in [-0.05, 0) is 32.3 Å². The van der Waals surface area contributed by atoms with Gasteiger partial charge in [-0.2, -0.15) is 5.10 Å². The monoisotopic (exact) mass is 474 g/mol. The topological polar surface area (TPSA) is 80.3 Å². The fourth-order valence-corrected chi connectivity index (χ4v) is 3.02. The lowest BCUT2D eigenvalue weighted by Crippen LogP contribution is -2.38. The van der Waals surface area contributed by atoms with E-state index in [2.05, 4.69) is 53.6 Å². The zero-order valence-electron chi connectivity index (χ0n) is 16.6. The summed E-state index contributed by atoms with van der Waals surface area (Å²) in [6, 6.07) is 0. The zero-order valence-corrected chi connectivity index (χ0v) is 19.0. The molecule has 146 valence electrons. The van der Waals surface area contributed by atoms with Crippen LogP contribution < -0.4 is 10.6 Å². The van der Waals surface area contributed by atoms with E-state index in [-0.39, 0.29) is 24.0 Å². The van der Waals surface area contributed by atoms with Gasteiger partial charge in [-0.15, -0.1) is 24.0 Å². The van der Waals surface area contributed by atoms with Crippen LogP contribution in [0.3, 0.4) is 0 Å². The minimum atomic E-state index is 0. The van der Waals surface area contributed by atoms with Crippen LogP contribution in [0.15, 0.2) is 9.52 Å². The summed E-state index contributed by atoms with van der Waals surface area (Å²) in [5.74, 6) is 1.73. The Bertz CT molecular complexity index is 713. The van der Waals surface area contributed by atoms with Crippen LogP contribution in [0.5, 0.6) is 0 Å². The molecule has 0 fully saturated rings. The van der Waals surface area contributed by atoms with Crippen molar-refractivity contribution in [2.45, 2.75) is 53.5 Å². The molecule has 0 radical (unpaired) electrons. The third-order valence-corrected chi connectivity index (χ3v) is 4.59. The Morgan fingerprint density at radius 2 is 1.88 bits per heavy atom. The maximum Gasteiger partial charge on any atom is 0.191 e. The normalized spacial score (nSPS) is 11.4. The molecule has 2 rings (SSSR count). The molecule has 0 atom stereocenters. The van der Waals surface area contributed by atoms with Gasteiger partial charge in [0.05, 0.1) is 11.4 Å². The second-order valence-electron chi connectivity index (χ2n) is 6.11. The van der Waals surface area contributed by atoms with Crippen molar-refractivity contribution in [2.75, 3.05) is 13.6 Å². The van der Waals surface area contributed by atoms with E-state index in [0.717, 1.165) is 54.5 Å². The molecule has 0 amide bonds. The van der Waals surface area contributed by atoms with Crippen molar-refractivity contribution >= 4 is 29.9 Å². The highest BCUT2D eigenvalue weighted by Crippen LogP contribution is 2.15. The molecule has 0 spiro atoms. The van der Waals surface area contributed by atoms with Gasteiger partial charge < -0.3 is 15.2 Å². The minimum absolute atomic E-state index is 0. The lowest BCUT2D eigenvalue weighted by molar-refractivity contribution is 0.380. The Kier molecular flexibility index (Phi) is 9.11. The van der Waals surface area contributed by atoms with Crippen molar-refractivity contribution in [3.63, 3.8) is 0 Å².